The highest BCUT2D eigenvalue weighted by molar-refractivity contribution is 5.71. The van der Waals surface area contributed by atoms with Crippen LogP contribution in [-0.4, -0.2) is 49.1 Å². The summed E-state index contributed by atoms with van der Waals surface area (Å²) in [7, 11) is 1.75. The summed E-state index contributed by atoms with van der Waals surface area (Å²) in [5, 5.41) is 0. The standard InChI is InChI=1S/C11H23N3O/c1-10-4-8-14(9-5-10)7-3-6-13(2)11(12)15/h10H,3-9H2,1-2H3,(H2,12,15). The molecule has 1 rings (SSSR count). The molecule has 1 fully saturated rings. The van der Waals surface area contributed by atoms with Crippen molar-refractivity contribution in [1.82, 2.24) is 9.80 Å². The molecule has 0 aromatic rings. The Balaban J connectivity index is 2.07. The van der Waals surface area contributed by atoms with Crippen LogP contribution in [-0.2, 0) is 0 Å². The first-order valence-electron chi connectivity index (χ1n) is 5.82. The van der Waals surface area contributed by atoms with Crippen molar-refractivity contribution in [3.8, 4) is 0 Å². The van der Waals surface area contributed by atoms with Gasteiger partial charge in [0.2, 0.25) is 0 Å². The third kappa shape index (κ3) is 4.51. The lowest BCUT2D eigenvalue weighted by atomic mass is 9.99. The van der Waals surface area contributed by atoms with Gasteiger partial charge in [-0.05, 0) is 44.8 Å². The van der Waals surface area contributed by atoms with Crippen molar-refractivity contribution >= 4 is 6.03 Å². The van der Waals surface area contributed by atoms with Crippen molar-refractivity contribution in [3.05, 3.63) is 0 Å². The normalized spacial score (nSPS) is 19.1. The van der Waals surface area contributed by atoms with Crippen LogP contribution in [0.4, 0.5) is 4.79 Å². The Labute approximate surface area is 92.4 Å². The average Bonchev–Trinajstić information content (AvgIpc) is 2.20. The largest absolute Gasteiger partial charge is 0.351 e. The summed E-state index contributed by atoms with van der Waals surface area (Å²) >= 11 is 0. The van der Waals surface area contributed by atoms with E-state index < -0.39 is 0 Å². The maximum Gasteiger partial charge on any atom is 0.314 e. The number of nitrogens with two attached hydrogens (primary N) is 1. The summed E-state index contributed by atoms with van der Waals surface area (Å²) < 4.78 is 0. The predicted octanol–water partition coefficient (Wildman–Crippen LogP) is 1.12. The van der Waals surface area contributed by atoms with Crippen LogP contribution in [0, 0.1) is 5.92 Å². The third-order valence-electron chi connectivity index (χ3n) is 3.22. The maximum atomic E-state index is 10.8. The molecule has 1 aliphatic heterocycles. The molecule has 2 amide bonds. The molecule has 0 bridgehead atoms. The Hall–Kier alpha value is -0.770. The smallest absolute Gasteiger partial charge is 0.314 e. The van der Waals surface area contributed by atoms with Gasteiger partial charge in [0.25, 0.3) is 0 Å². The van der Waals surface area contributed by atoms with Crippen LogP contribution in [0.3, 0.4) is 0 Å². The highest BCUT2D eigenvalue weighted by Crippen LogP contribution is 2.15. The van der Waals surface area contributed by atoms with Crippen LogP contribution in [0.5, 0.6) is 0 Å². The van der Waals surface area contributed by atoms with E-state index in [0.29, 0.717) is 0 Å². The molecule has 0 aliphatic carbocycles. The summed E-state index contributed by atoms with van der Waals surface area (Å²) in [5.74, 6) is 0.884. The summed E-state index contributed by atoms with van der Waals surface area (Å²) in [6, 6.07) is -0.331. The lowest BCUT2D eigenvalue weighted by Crippen LogP contribution is -2.37. The van der Waals surface area contributed by atoms with Crippen LogP contribution in [0.25, 0.3) is 0 Å². The van der Waals surface area contributed by atoms with E-state index in [0.717, 1.165) is 25.4 Å². The van der Waals surface area contributed by atoms with Crippen molar-refractivity contribution in [2.24, 2.45) is 11.7 Å². The van der Waals surface area contributed by atoms with E-state index in [4.69, 9.17) is 5.73 Å². The fraction of sp³-hybridized carbons (Fsp3) is 0.909. The molecule has 0 aromatic heterocycles. The van der Waals surface area contributed by atoms with E-state index in [1.165, 1.54) is 25.9 Å². The van der Waals surface area contributed by atoms with Gasteiger partial charge in [-0.2, -0.15) is 0 Å². The molecule has 4 heteroatoms. The van der Waals surface area contributed by atoms with Crippen LogP contribution >= 0.6 is 0 Å². The number of primary amides is 1. The first-order valence-corrected chi connectivity index (χ1v) is 5.82. The highest BCUT2D eigenvalue weighted by atomic mass is 16.2. The molecule has 88 valence electrons. The summed E-state index contributed by atoms with van der Waals surface area (Å²) in [4.78, 5) is 14.8. The number of likely N-dealkylation sites (tertiary alicyclic amines) is 1. The van der Waals surface area contributed by atoms with Crippen molar-refractivity contribution in [1.29, 1.82) is 0 Å². The fourth-order valence-corrected chi connectivity index (χ4v) is 1.93. The number of piperidine rings is 1. The topological polar surface area (TPSA) is 49.6 Å². The number of amides is 2. The zero-order chi connectivity index (χ0) is 11.3. The minimum absolute atomic E-state index is 0.331. The van der Waals surface area contributed by atoms with E-state index in [2.05, 4.69) is 11.8 Å². The molecule has 1 aliphatic rings. The van der Waals surface area contributed by atoms with Crippen LogP contribution in [0.15, 0.2) is 0 Å². The van der Waals surface area contributed by atoms with Gasteiger partial charge in [-0.15, -0.1) is 0 Å². The number of nitrogens with zero attached hydrogens (tertiary/aromatic N) is 2. The molecule has 2 N–H and O–H groups in total. The van der Waals surface area contributed by atoms with Gasteiger partial charge in [0.05, 0.1) is 0 Å². The highest BCUT2D eigenvalue weighted by Gasteiger charge is 2.15. The molecule has 0 atom stereocenters. The minimum atomic E-state index is -0.331. The number of rotatable bonds is 4. The monoisotopic (exact) mass is 213 g/mol. The predicted molar refractivity (Wildman–Crippen MR) is 61.7 cm³/mol. The van der Waals surface area contributed by atoms with Gasteiger partial charge in [0, 0.05) is 13.6 Å². The van der Waals surface area contributed by atoms with Crippen molar-refractivity contribution in [2.45, 2.75) is 26.2 Å². The molecular weight excluding hydrogens is 190 g/mol. The van der Waals surface area contributed by atoms with Gasteiger partial charge in [0.1, 0.15) is 0 Å². The summed E-state index contributed by atoms with van der Waals surface area (Å²) in [6.45, 7) is 6.59. The Bertz CT molecular complexity index is 200. The zero-order valence-electron chi connectivity index (χ0n) is 9.91. The SMILES string of the molecule is CC1CCN(CCCN(C)C(N)=O)CC1. The van der Waals surface area contributed by atoms with Gasteiger partial charge < -0.3 is 15.5 Å². The Kier molecular flexibility index (Phi) is 4.88. The zero-order valence-corrected chi connectivity index (χ0v) is 9.91. The van der Waals surface area contributed by atoms with Crippen molar-refractivity contribution in [2.75, 3.05) is 33.2 Å². The molecule has 0 unspecified atom stereocenters. The lowest BCUT2D eigenvalue weighted by Gasteiger charge is -2.30. The lowest BCUT2D eigenvalue weighted by molar-refractivity contribution is 0.181. The quantitative estimate of drug-likeness (QED) is 0.760. The first kappa shape index (κ1) is 12.3. The second kappa shape index (κ2) is 5.95. The van der Waals surface area contributed by atoms with E-state index in [1.807, 2.05) is 0 Å². The average molecular weight is 213 g/mol. The van der Waals surface area contributed by atoms with Crippen molar-refractivity contribution in [3.63, 3.8) is 0 Å². The molecule has 15 heavy (non-hydrogen) atoms. The van der Waals surface area contributed by atoms with Crippen LogP contribution in [0.2, 0.25) is 0 Å². The summed E-state index contributed by atoms with van der Waals surface area (Å²) in [5.41, 5.74) is 5.15. The van der Waals surface area contributed by atoms with E-state index in [-0.39, 0.29) is 6.03 Å². The first-order chi connectivity index (χ1) is 7.09. The van der Waals surface area contributed by atoms with Crippen LogP contribution in [0.1, 0.15) is 26.2 Å². The number of urea groups is 1. The molecule has 4 nitrogen and oxygen atoms in total. The van der Waals surface area contributed by atoms with Crippen molar-refractivity contribution < 1.29 is 4.79 Å². The van der Waals surface area contributed by atoms with Gasteiger partial charge in [-0.1, -0.05) is 6.92 Å². The number of hydrogen-bond donors (Lipinski definition) is 1. The summed E-state index contributed by atoms with van der Waals surface area (Å²) in [6.07, 6.45) is 3.64. The molecule has 1 saturated heterocycles. The molecular formula is C11H23N3O. The van der Waals surface area contributed by atoms with Gasteiger partial charge in [0.15, 0.2) is 0 Å². The van der Waals surface area contributed by atoms with Crippen LogP contribution < -0.4 is 5.73 Å². The van der Waals surface area contributed by atoms with E-state index in [1.54, 1.807) is 11.9 Å². The number of hydrogen-bond acceptors (Lipinski definition) is 2. The Morgan fingerprint density at radius 1 is 1.47 bits per heavy atom. The second-order valence-electron chi connectivity index (χ2n) is 4.64. The van der Waals surface area contributed by atoms with E-state index >= 15 is 0 Å². The van der Waals surface area contributed by atoms with Gasteiger partial charge >= 0.3 is 6.03 Å². The molecule has 0 saturated carbocycles. The van der Waals surface area contributed by atoms with Gasteiger partial charge in [-0.25, -0.2) is 4.79 Å². The second-order valence-corrected chi connectivity index (χ2v) is 4.64. The van der Waals surface area contributed by atoms with E-state index in [9.17, 15) is 4.79 Å². The number of carbonyl (C=O) groups is 1. The molecule has 1 heterocycles. The van der Waals surface area contributed by atoms with Gasteiger partial charge in [-0.3, -0.25) is 0 Å². The molecule has 0 aromatic carbocycles. The molecule has 0 radical (unpaired) electrons. The number of carbonyl (C=O) groups excluding carboxylic acids is 1. The fourth-order valence-electron chi connectivity index (χ4n) is 1.93. The Morgan fingerprint density at radius 2 is 2.07 bits per heavy atom. The maximum absolute atomic E-state index is 10.8. The molecule has 0 spiro atoms. The Morgan fingerprint density at radius 3 is 2.60 bits per heavy atom. The minimum Gasteiger partial charge on any atom is -0.351 e. The third-order valence-corrected chi connectivity index (χ3v) is 3.22.